The third kappa shape index (κ3) is 5.84. The van der Waals surface area contributed by atoms with Gasteiger partial charge in [0.2, 0.25) is 5.91 Å². The van der Waals surface area contributed by atoms with E-state index in [9.17, 15) is 9.59 Å². The van der Waals surface area contributed by atoms with Crippen LogP contribution in [0, 0.1) is 6.92 Å². The fraction of sp³-hybridized carbons (Fsp3) is 0.261. The highest BCUT2D eigenvalue weighted by Gasteiger charge is 2.26. The largest absolute Gasteiger partial charge is 0.357 e. The topological polar surface area (TPSA) is 76.0 Å². The third-order valence-electron chi connectivity index (χ3n) is 5.07. The van der Waals surface area contributed by atoms with Crippen LogP contribution < -0.4 is 10.6 Å². The number of nitrogens with zero attached hydrogens (tertiary/aromatic N) is 2. The minimum Gasteiger partial charge on any atom is -0.357 e. The summed E-state index contributed by atoms with van der Waals surface area (Å²) in [6.45, 7) is 1.81. The molecule has 3 aromatic rings. The SMILES string of the molecule is CNC(=O)[C@H](CCSC)NC(=O)c1nn(-c2ccc(Cl)cc2Cl)c(-c2ccc(Cl)cc2)c1C. The lowest BCUT2D eigenvalue weighted by atomic mass is 10.1. The van der Waals surface area contributed by atoms with Crippen LogP contribution in [0.25, 0.3) is 16.9 Å². The van der Waals surface area contributed by atoms with Gasteiger partial charge in [-0.15, -0.1) is 0 Å². The summed E-state index contributed by atoms with van der Waals surface area (Å²) in [5.41, 5.74) is 2.89. The van der Waals surface area contributed by atoms with Gasteiger partial charge in [0, 0.05) is 28.2 Å². The van der Waals surface area contributed by atoms with Gasteiger partial charge in [-0.25, -0.2) is 4.68 Å². The first-order valence-electron chi connectivity index (χ1n) is 10.1. The van der Waals surface area contributed by atoms with Crippen molar-refractivity contribution in [2.24, 2.45) is 0 Å². The molecule has 0 aliphatic heterocycles. The van der Waals surface area contributed by atoms with Gasteiger partial charge < -0.3 is 10.6 Å². The molecule has 0 saturated heterocycles. The van der Waals surface area contributed by atoms with Gasteiger partial charge in [-0.1, -0.05) is 46.9 Å². The Morgan fingerprint density at radius 1 is 1.09 bits per heavy atom. The standard InChI is InChI=1S/C23H23Cl3N4O2S/c1-13-20(23(32)28-18(10-11-33-3)22(31)27-2)29-30(19-9-8-16(25)12-17(19)26)21(13)14-4-6-15(24)7-5-14/h4-9,12,18H,10-11H2,1-3H3,(H,27,31)(H,28,32)/t18-/m0/s1. The number of hydrogen-bond donors (Lipinski definition) is 2. The number of carbonyl (C=O) groups is 2. The molecule has 1 atom stereocenters. The summed E-state index contributed by atoms with van der Waals surface area (Å²) < 4.78 is 1.61. The van der Waals surface area contributed by atoms with Crippen molar-refractivity contribution >= 4 is 58.4 Å². The quantitative estimate of drug-likeness (QED) is 0.413. The van der Waals surface area contributed by atoms with Gasteiger partial charge in [0.25, 0.3) is 5.91 Å². The van der Waals surface area contributed by atoms with Crippen LogP contribution in [0.5, 0.6) is 0 Å². The van der Waals surface area contributed by atoms with Crippen molar-refractivity contribution in [2.75, 3.05) is 19.1 Å². The molecule has 1 heterocycles. The zero-order valence-electron chi connectivity index (χ0n) is 18.3. The number of carbonyl (C=O) groups excluding carboxylic acids is 2. The summed E-state index contributed by atoms with van der Waals surface area (Å²) in [5, 5.41) is 11.5. The van der Waals surface area contributed by atoms with Gasteiger partial charge >= 0.3 is 0 Å². The summed E-state index contributed by atoms with van der Waals surface area (Å²) >= 11 is 20.2. The highest BCUT2D eigenvalue weighted by atomic mass is 35.5. The second-order valence-electron chi connectivity index (χ2n) is 7.26. The van der Waals surface area contributed by atoms with E-state index in [0.29, 0.717) is 38.4 Å². The zero-order valence-corrected chi connectivity index (χ0v) is 21.4. The number of likely N-dealkylation sites (N-methyl/N-ethyl adjacent to an activating group) is 1. The van der Waals surface area contributed by atoms with Gasteiger partial charge in [0.05, 0.1) is 16.4 Å². The number of benzene rings is 2. The third-order valence-corrected chi connectivity index (χ3v) is 6.51. The second kappa shape index (κ2) is 11.3. The molecule has 0 radical (unpaired) electrons. The van der Waals surface area contributed by atoms with E-state index in [-0.39, 0.29) is 11.6 Å². The van der Waals surface area contributed by atoms with Gasteiger partial charge in [0.15, 0.2) is 5.69 Å². The van der Waals surface area contributed by atoms with E-state index in [0.717, 1.165) is 11.3 Å². The Kier molecular flexibility index (Phi) is 8.70. The molecule has 1 aromatic heterocycles. The lowest BCUT2D eigenvalue weighted by Crippen LogP contribution is -2.46. The normalized spacial score (nSPS) is 11.8. The van der Waals surface area contributed by atoms with Crippen LogP contribution in [0.3, 0.4) is 0 Å². The fourth-order valence-electron chi connectivity index (χ4n) is 3.39. The average Bonchev–Trinajstić information content (AvgIpc) is 3.13. The van der Waals surface area contributed by atoms with Gasteiger partial charge in [0.1, 0.15) is 6.04 Å². The van der Waals surface area contributed by atoms with Crippen molar-refractivity contribution < 1.29 is 9.59 Å². The Balaban J connectivity index is 2.10. The van der Waals surface area contributed by atoms with Crippen LogP contribution >= 0.6 is 46.6 Å². The van der Waals surface area contributed by atoms with E-state index in [1.54, 1.807) is 53.8 Å². The molecule has 0 bridgehead atoms. The van der Waals surface area contributed by atoms with Crippen LogP contribution in [0.4, 0.5) is 0 Å². The van der Waals surface area contributed by atoms with Gasteiger partial charge in [-0.2, -0.15) is 16.9 Å². The van der Waals surface area contributed by atoms with Crippen LogP contribution in [0.2, 0.25) is 15.1 Å². The molecule has 0 fully saturated rings. The molecule has 0 unspecified atom stereocenters. The van der Waals surface area contributed by atoms with Crippen LogP contribution in [-0.4, -0.2) is 46.7 Å². The molecule has 2 amide bonds. The maximum atomic E-state index is 13.2. The molecule has 10 heteroatoms. The number of amides is 2. The van der Waals surface area contributed by atoms with Crippen LogP contribution in [0.15, 0.2) is 42.5 Å². The Hall–Kier alpha value is -2.19. The van der Waals surface area contributed by atoms with E-state index in [1.165, 1.54) is 0 Å². The van der Waals surface area contributed by atoms with Crippen molar-refractivity contribution in [1.29, 1.82) is 0 Å². The number of aromatic nitrogens is 2. The van der Waals surface area contributed by atoms with Crippen molar-refractivity contribution in [3.05, 3.63) is 68.8 Å². The molecule has 2 aromatic carbocycles. The van der Waals surface area contributed by atoms with Crippen molar-refractivity contribution in [2.45, 2.75) is 19.4 Å². The summed E-state index contributed by atoms with van der Waals surface area (Å²) in [5.74, 6) is 0.0248. The first kappa shape index (κ1) is 25.4. The predicted molar refractivity (Wildman–Crippen MR) is 137 cm³/mol. The first-order valence-corrected chi connectivity index (χ1v) is 12.6. The lowest BCUT2D eigenvalue weighted by molar-refractivity contribution is -0.122. The first-order chi connectivity index (χ1) is 15.8. The summed E-state index contributed by atoms with van der Waals surface area (Å²) in [4.78, 5) is 25.5. The number of thioether (sulfide) groups is 1. The van der Waals surface area contributed by atoms with E-state index in [1.807, 2.05) is 25.3 Å². The number of nitrogens with one attached hydrogen (secondary N) is 2. The second-order valence-corrected chi connectivity index (χ2v) is 9.52. The highest BCUT2D eigenvalue weighted by Crippen LogP contribution is 2.33. The van der Waals surface area contributed by atoms with Crippen molar-refractivity contribution in [1.82, 2.24) is 20.4 Å². The smallest absolute Gasteiger partial charge is 0.272 e. The number of halogens is 3. The molecule has 174 valence electrons. The molecule has 6 nitrogen and oxygen atoms in total. The van der Waals surface area contributed by atoms with Crippen LogP contribution in [0.1, 0.15) is 22.5 Å². The molecule has 33 heavy (non-hydrogen) atoms. The summed E-state index contributed by atoms with van der Waals surface area (Å²) in [7, 11) is 1.54. The van der Waals surface area contributed by atoms with E-state index >= 15 is 0 Å². The minimum atomic E-state index is -0.669. The zero-order chi connectivity index (χ0) is 24.1. The molecule has 0 aliphatic rings. The average molecular weight is 526 g/mol. The molecule has 0 spiro atoms. The molecular weight excluding hydrogens is 503 g/mol. The predicted octanol–water partition coefficient (Wildman–Crippen LogP) is 5.41. The van der Waals surface area contributed by atoms with Gasteiger partial charge in [-0.05, 0) is 55.7 Å². The Morgan fingerprint density at radius 2 is 1.76 bits per heavy atom. The van der Waals surface area contributed by atoms with E-state index in [4.69, 9.17) is 34.8 Å². The monoisotopic (exact) mass is 524 g/mol. The van der Waals surface area contributed by atoms with Crippen molar-refractivity contribution in [3.63, 3.8) is 0 Å². The Morgan fingerprint density at radius 3 is 2.36 bits per heavy atom. The minimum absolute atomic E-state index is 0.198. The van der Waals surface area contributed by atoms with E-state index in [2.05, 4.69) is 15.7 Å². The van der Waals surface area contributed by atoms with Gasteiger partial charge in [-0.3, -0.25) is 9.59 Å². The summed E-state index contributed by atoms with van der Waals surface area (Å²) in [6.07, 6.45) is 2.45. The summed E-state index contributed by atoms with van der Waals surface area (Å²) in [6, 6.07) is 11.6. The van der Waals surface area contributed by atoms with Crippen LogP contribution in [-0.2, 0) is 4.79 Å². The number of hydrogen-bond acceptors (Lipinski definition) is 4. The molecule has 0 saturated carbocycles. The number of rotatable bonds is 8. The Labute approximate surface area is 212 Å². The Bertz CT molecular complexity index is 1170. The molecule has 2 N–H and O–H groups in total. The molecule has 3 rings (SSSR count). The molecular formula is C23H23Cl3N4O2S. The lowest BCUT2D eigenvalue weighted by Gasteiger charge is -2.16. The van der Waals surface area contributed by atoms with E-state index < -0.39 is 11.9 Å². The molecule has 0 aliphatic carbocycles. The fourth-order valence-corrected chi connectivity index (χ4v) is 4.48. The highest BCUT2D eigenvalue weighted by molar-refractivity contribution is 7.98. The van der Waals surface area contributed by atoms with Crippen molar-refractivity contribution in [3.8, 4) is 16.9 Å². The maximum Gasteiger partial charge on any atom is 0.272 e. The maximum absolute atomic E-state index is 13.2.